The quantitative estimate of drug-likeness (QED) is 0.607. The van der Waals surface area contributed by atoms with Crippen LogP contribution in [-0.4, -0.2) is 35.7 Å². The first kappa shape index (κ1) is 19.7. The van der Waals surface area contributed by atoms with Crippen molar-refractivity contribution in [2.24, 2.45) is 0 Å². The van der Waals surface area contributed by atoms with E-state index in [2.05, 4.69) is 10.6 Å². The van der Waals surface area contributed by atoms with Gasteiger partial charge in [-0.15, -0.1) is 11.8 Å². The number of benzene rings is 1. The highest BCUT2D eigenvalue weighted by Gasteiger charge is 2.23. The van der Waals surface area contributed by atoms with Gasteiger partial charge in [0.2, 0.25) is 5.91 Å². The fourth-order valence-corrected chi connectivity index (χ4v) is 4.31. The summed E-state index contributed by atoms with van der Waals surface area (Å²) in [5, 5.41) is 5.81. The molecule has 2 N–H and O–H groups in total. The number of amides is 2. The molecule has 1 aromatic rings. The van der Waals surface area contributed by atoms with E-state index in [-0.39, 0.29) is 17.9 Å². The zero-order valence-electron chi connectivity index (χ0n) is 15.6. The third-order valence-electron chi connectivity index (χ3n) is 4.93. The van der Waals surface area contributed by atoms with Gasteiger partial charge in [0.1, 0.15) is 0 Å². The molecule has 1 saturated carbocycles. The molecule has 2 aliphatic rings. The largest absolute Gasteiger partial charge is 0.449 e. The number of ether oxygens (including phenoxy) is 1. The van der Waals surface area contributed by atoms with Crippen LogP contribution in [0, 0.1) is 0 Å². The summed E-state index contributed by atoms with van der Waals surface area (Å²) < 4.78 is 5.35. The van der Waals surface area contributed by atoms with Crippen LogP contribution < -0.4 is 10.6 Å². The lowest BCUT2D eigenvalue weighted by Gasteiger charge is -2.20. The molecule has 7 heteroatoms. The molecule has 0 spiro atoms. The van der Waals surface area contributed by atoms with Crippen molar-refractivity contribution in [1.29, 1.82) is 0 Å². The lowest BCUT2D eigenvalue weighted by molar-refractivity contribution is -0.129. The lowest BCUT2D eigenvalue weighted by Crippen LogP contribution is -2.41. The Balaban J connectivity index is 1.59. The number of fused-ring (bicyclic) bond motifs is 1. The fourth-order valence-electron chi connectivity index (χ4n) is 3.37. The molecule has 0 radical (unpaired) electrons. The molecule has 1 aliphatic carbocycles. The van der Waals surface area contributed by atoms with E-state index in [9.17, 15) is 14.4 Å². The van der Waals surface area contributed by atoms with Gasteiger partial charge in [-0.05, 0) is 38.0 Å². The highest BCUT2D eigenvalue weighted by Crippen LogP contribution is 2.31. The first-order chi connectivity index (χ1) is 13.0. The molecule has 0 aromatic heterocycles. The second-order valence-corrected chi connectivity index (χ2v) is 8.24. The van der Waals surface area contributed by atoms with Crippen molar-refractivity contribution in [3.63, 3.8) is 0 Å². The Morgan fingerprint density at radius 2 is 1.96 bits per heavy atom. The Hall–Kier alpha value is -2.02. The molecular formula is C20H26N2O4S. The minimum Gasteiger partial charge on any atom is -0.449 e. The Morgan fingerprint density at radius 3 is 2.70 bits per heavy atom. The van der Waals surface area contributed by atoms with Crippen LogP contribution in [0.15, 0.2) is 23.1 Å². The first-order valence-corrected chi connectivity index (χ1v) is 10.6. The van der Waals surface area contributed by atoms with Gasteiger partial charge in [0.15, 0.2) is 6.10 Å². The van der Waals surface area contributed by atoms with E-state index in [1.54, 1.807) is 36.9 Å². The number of carbonyl (C=O) groups is 3. The van der Waals surface area contributed by atoms with Crippen LogP contribution in [0.5, 0.6) is 0 Å². The number of hydrogen-bond acceptors (Lipinski definition) is 5. The molecule has 1 fully saturated rings. The molecule has 3 rings (SSSR count). The van der Waals surface area contributed by atoms with Gasteiger partial charge in [0.05, 0.1) is 11.3 Å². The minimum atomic E-state index is -0.858. The summed E-state index contributed by atoms with van der Waals surface area (Å²) in [4.78, 5) is 37.4. The summed E-state index contributed by atoms with van der Waals surface area (Å²) >= 11 is 1.57. The smallest absolute Gasteiger partial charge is 0.338 e. The van der Waals surface area contributed by atoms with Crippen molar-refractivity contribution in [3.8, 4) is 0 Å². The number of esters is 1. The van der Waals surface area contributed by atoms with Gasteiger partial charge in [-0.1, -0.05) is 25.7 Å². The predicted molar refractivity (Wildman–Crippen MR) is 105 cm³/mol. The van der Waals surface area contributed by atoms with Gasteiger partial charge in [-0.2, -0.15) is 0 Å². The van der Waals surface area contributed by atoms with E-state index in [4.69, 9.17) is 4.74 Å². The van der Waals surface area contributed by atoms with E-state index < -0.39 is 12.1 Å². The van der Waals surface area contributed by atoms with Gasteiger partial charge in [-0.25, -0.2) is 4.79 Å². The summed E-state index contributed by atoms with van der Waals surface area (Å²) in [6, 6.07) is 5.25. The molecule has 1 heterocycles. The lowest BCUT2D eigenvalue weighted by atomic mass is 10.1. The zero-order valence-corrected chi connectivity index (χ0v) is 16.4. The SMILES string of the molecule is C[C@@H](OC(=O)c1ccc2c(c1)NC(=O)CCS2)C(=O)NC1CCCCCC1. The van der Waals surface area contributed by atoms with E-state index in [0.29, 0.717) is 23.4 Å². The van der Waals surface area contributed by atoms with Crippen LogP contribution in [0.4, 0.5) is 5.69 Å². The Kier molecular flexibility index (Phi) is 6.77. The third-order valence-corrected chi connectivity index (χ3v) is 6.01. The maximum Gasteiger partial charge on any atom is 0.338 e. The number of anilines is 1. The Morgan fingerprint density at radius 1 is 1.22 bits per heavy atom. The van der Waals surface area contributed by atoms with E-state index in [1.165, 1.54) is 12.8 Å². The van der Waals surface area contributed by atoms with E-state index in [1.807, 2.05) is 0 Å². The third kappa shape index (κ3) is 5.48. The van der Waals surface area contributed by atoms with Crippen LogP contribution >= 0.6 is 11.8 Å². The van der Waals surface area contributed by atoms with Gasteiger partial charge >= 0.3 is 5.97 Å². The molecular weight excluding hydrogens is 364 g/mol. The fraction of sp³-hybridized carbons (Fsp3) is 0.550. The number of thioether (sulfide) groups is 1. The molecule has 1 aromatic carbocycles. The summed E-state index contributed by atoms with van der Waals surface area (Å²) in [6.45, 7) is 1.59. The van der Waals surface area contributed by atoms with Gasteiger partial charge in [0, 0.05) is 23.1 Å². The van der Waals surface area contributed by atoms with Crippen LogP contribution in [0.25, 0.3) is 0 Å². The Bertz CT molecular complexity index is 714. The van der Waals surface area contributed by atoms with Crippen molar-refractivity contribution < 1.29 is 19.1 Å². The monoisotopic (exact) mass is 390 g/mol. The van der Waals surface area contributed by atoms with Crippen molar-refractivity contribution in [1.82, 2.24) is 5.32 Å². The molecule has 1 atom stereocenters. The summed E-state index contributed by atoms with van der Waals surface area (Å²) in [5.74, 6) is -0.178. The summed E-state index contributed by atoms with van der Waals surface area (Å²) in [7, 11) is 0. The predicted octanol–water partition coefficient (Wildman–Crippen LogP) is 3.51. The Labute approximate surface area is 163 Å². The van der Waals surface area contributed by atoms with Gasteiger partial charge in [0.25, 0.3) is 5.91 Å². The molecule has 2 amide bonds. The minimum absolute atomic E-state index is 0.0667. The van der Waals surface area contributed by atoms with Crippen LogP contribution in [0.2, 0.25) is 0 Å². The second kappa shape index (κ2) is 9.26. The highest BCUT2D eigenvalue weighted by molar-refractivity contribution is 7.99. The van der Waals surface area contributed by atoms with E-state index in [0.717, 1.165) is 30.6 Å². The van der Waals surface area contributed by atoms with Gasteiger partial charge in [-0.3, -0.25) is 9.59 Å². The molecule has 0 saturated heterocycles. The topological polar surface area (TPSA) is 84.5 Å². The number of hydrogen-bond donors (Lipinski definition) is 2. The summed E-state index contributed by atoms with van der Waals surface area (Å²) in [5.41, 5.74) is 0.943. The molecule has 0 unspecified atom stereocenters. The average Bonchev–Trinajstić information content (AvgIpc) is 3.00. The van der Waals surface area contributed by atoms with Crippen molar-refractivity contribution in [3.05, 3.63) is 23.8 Å². The second-order valence-electron chi connectivity index (χ2n) is 7.10. The van der Waals surface area contributed by atoms with Crippen LogP contribution in [0.1, 0.15) is 62.2 Å². The average molecular weight is 391 g/mol. The summed E-state index contributed by atoms with van der Waals surface area (Å²) in [6.07, 6.45) is 6.22. The van der Waals surface area contributed by atoms with Crippen LogP contribution in [0.3, 0.4) is 0 Å². The molecule has 1 aliphatic heterocycles. The molecule has 6 nitrogen and oxygen atoms in total. The highest BCUT2D eigenvalue weighted by atomic mass is 32.2. The molecule has 146 valence electrons. The molecule has 0 bridgehead atoms. The van der Waals surface area contributed by atoms with Gasteiger partial charge < -0.3 is 15.4 Å². The standard InChI is InChI=1S/C20H26N2O4S/c1-13(19(24)21-15-6-4-2-3-5-7-15)26-20(25)14-8-9-17-16(12-14)22-18(23)10-11-27-17/h8-9,12-13,15H,2-7,10-11H2,1H3,(H,21,24)(H,22,23)/t13-/m1/s1. The zero-order chi connectivity index (χ0) is 19.2. The number of rotatable bonds is 4. The maximum atomic E-state index is 12.4. The molecule has 27 heavy (non-hydrogen) atoms. The van der Waals surface area contributed by atoms with Crippen molar-refractivity contribution in [2.75, 3.05) is 11.1 Å². The van der Waals surface area contributed by atoms with Crippen molar-refractivity contribution in [2.45, 2.75) is 68.9 Å². The number of carbonyl (C=O) groups excluding carboxylic acids is 3. The normalized spacial score (nSPS) is 19.1. The van der Waals surface area contributed by atoms with E-state index >= 15 is 0 Å². The number of nitrogens with one attached hydrogen (secondary N) is 2. The van der Waals surface area contributed by atoms with Crippen LogP contribution in [-0.2, 0) is 14.3 Å². The first-order valence-electron chi connectivity index (χ1n) is 9.61. The van der Waals surface area contributed by atoms with Crippen molar-refractivity contribution >= 4 is 35.2 Å². The maximum absolute atomic E-state index is 12.4.